The molecule has 1 aromatic rings. The Morgan fingerprint density at radius 2 is 2.05 bits per heavy atom. The molecule has 0 heterocycles. The number of aliphatic hydroxyl groups excluding tert-OH is 1. The molecule has 1 aliphatic rings. The molecule has 6 heteroatoms. The van der Waals surface area contributed by atoms with Gasteiger partial charge in [0.1, 0.15) is 18.5 Å². The van der Waals surface area contributed by atoms with E-state index in [0.717, 1.165) is 12.8 Å². The number of rotatable bonds is 7. The van der Waals surface area contributed by atoms with Gasteiger partial charge in [-0.05, 0) is 31.0 Å². The van der Waals surface area contributed by atoms with E-state index in [1.807, 2.05) is 0 Å². The SMILES string of the molecule is OC(CNOC1CCCC1)COc1ccc(Cl)cc1Cl. The average molecular weight is 320 g/mol. The minimum Gasteiger partial charge on any atom is -0.489 e. The smallest absolute Gasteiger partial charge is 0.138 e. The molecule has 4 nitrogen and oxygen atoms in total. The minimum atomic E-state index is -0.664. The fourth-order valence-corrected chi connectivity index (χ4v) is 2.57. The van der Waals surface area contributed by atoms with E-state index in [2.05, 4.69) is 5.48 Å². The van der Waals surface area contributed by atoms with Crippen molar-refractivity contribution in [2.75, 3.05) is 13.2 Å². The van der Waals surface area contributed by atoms with E-state index in [4.69, 9.17) is 32.8 Å². The third-order valence-electron chi connectivity index (χ3n) is 3.20. The second kappa shape index (κ2) is 8.05. The third kappa shape index (κ3) is 5.11. The molecule has 1 aliphatic carbocycles. The Bertz CT molecular complexity index is 425. The molecule has 2 rings (SSSR count). The quantitative estimate of drug-likeness (QED) is 0.758. The largest absolute Gasteiger partial charge is 0.489 e. The number of hydrogen-bond acceptors (Lipinski definition) is 4. The summed E-state index contributed by atoms with van der Waals surface area (Å²) in [4.78, 5) is 5.46. The van der Waals surface area contributed by atoms with Crippen LogP contribution in [-0.4, -0.2) is 30.5 Å². The summed E-state index contributed by atoms with van der Waals surface area (Å²) in [6.45, 7) is 0.462. The highest BCUT2D eigenvalue weighted by atomic mass is 35.5. The highest BCUT2D eigenvalue weighted by Gasteiger charge is 2.16. The molecule has 1 aromatic carbocycles. The fraction of sp³-hybridized carbons (Fsp3) is 0.571. The van der Waals surface area contributed by atoms with Crippen LogP contribution in [0.2, 0.25) is 10.0 Å². The molecular weight excluding hydrogens is 301 g/mol. The van der Waals surface area contributed by atoms with E-state index in [-0.39, 0.29) is 12.7 Å². The van der Waals surface area contributed by atoms with Crippen molar-refractivity contribution < 1.29 is 14.7 Å². The zero-order valence-corrected chi connectivity index (χ0v) is 12.7. The van der Waals surface area contributed by atoms with E-state index < -0.39 is 6.10 Å². The molecule has 1 unspecified atom stereocenters. The van der Waals surface area contributed by atoms with Gasteiger partial charge in [0.15, 0.2) is 0 Å². The van der Waals surface area contributed by atoms with Crippen molar-refractivity contribution in [3.05, 3.63) is 28.2 Å². The van der Waals surface area contributed by atoms with Crippen LogP contribution in [0.3, 0.4) is 0 Å². The first kappa shape index (κ1) is 15.9. The molecule has 0 aliphatic heterocycles. The zero-order valence-electron chi connectivity index (χ0n) is 11.1. The Balaban J connectivity index is 1.65. The summed E-state index contributed by atoms with van der Waals surface area (Å²) < 4.78 is 5.44. The molecule has 2 N–H and O–H groups in total. The van der Waals surface area contributed by atoms with Crippen LogP contribution in [0.5, 0.6) is 5.75 Å². The summed E-state index contributed by atoms with van der Waals surface area (Å²) in [6, 6.07) is 4.97. The summed E-state index contributed by atoms with van der Waals surface area (Å²) >= 11 is 11.8. The Morgan fingerprint density at radius 3 is 2.75 bits per heavy atom. The minimum absolute atomic E-state index is 0.141. The highest BCUT2D eigenvalue weighted by Crippen LogP contribution is 2.27. The van der Waals surface area contributed by atoms with Gasteiger partial charge in [0, 0.05) is 5.02 Å². The van der Waals surface area contributed by atoms with Crippen LogP contribution in [0.25, 0.3) is 0 Å². The lowest BCUT2D eigenvalue weighted by Gasteiger charge is -2.16. The third-order valence-corrected chi connectivity index (χ3v) is 3.73. The van der Waals surface area contributed by atoms with Crippen molar-refractivity contribution in [2.24, 2.45) is 0 Å². The van der Waals surface area contributed by atoms with Crippen LogP contribution in [0.1, 0.15) is 25.7 Å². The van der Waals surface area contributed by atoms with Crippen molar-refractivity contribution in [2.45, 2.75) is 37.9 Å². The number of benzene rings is 1. The Labute approximate surface area is 128 Å². The molecule has 1 saturated carbocycles. The topological polar surface area (TPSA) is 50.7 Å². The van der Waals surface area contributed by atoms with Crippen molar-refractivity contribution in [1.82, 2.24) is 5.48 Å². The van der Waals surface area contributed by atoms with Gasteiger partial charge < -0.3 is 9.84 Å². The molecule has 0 amide bonds. The Kier molecular flexibility index (Phi) is 6.39. The van der Waals surface area contributed by atoms with Gasteiger partial charge in [0.25, 0.3) is 0 Å². The fourth-order valence-electron chi connectivity index (χ4n) is 2.11. The number of aliphatic hydroxyl groups is 1. The Morgan fingerprint density at radius 1 is 1.30 bits per heavy atom. The normalized spacial score (nSPS) is 17.4. The van der Waals surface area contributed by atoms with Crippen LogP contribution < -0.4 is 10.2 Å². The molecule has 20 heavy (non-hydrogen) atoms. The summed E-state index contributed by atoms with van der Waals surface area (Å²) in [5.74, 6) is 0.506. The second-order valence-electron chi connectivity index (χ2n) is 4.91. The van der Waals surface area contributed by atoms with Gasteiger partial charge in [-0.1, -0.05) is 36.0 Å². The number of nitrogens with one attached hydrogen (secondary N) is 1. The maximum atomic E-state index is 9.79. The highest BCUT2D eigenvalue weighted by molar-refractivity contribution is 6.35. The summed E-state index contributed by atoms with van der Waals surface area (Å²) in [5, 5.41) is 10.8. The van der Waals surface area contributed by atoms with E-state index in [0.29, 0.717) is 22.3 Å². The second-order valence-corrected chi connectivity index (χ2v) is 5.76. The number of halogens is 2. The van der Waals surface area contributed by atoms with Crippen molar-refractivity contribution in [3.8, 4) is 5.75 Å². The molecule has 0 spiro atoms. The molecular formula is C14H19Cl2NO3. The van der Waals surface area contributed by atoms with E-state index in [1.54, 1.807) is 18.2 Å². The molecule has 112 valence electrons. The van der Waals surface area contributed by atoms with Crippen molar-refractivity contribution in [1.29, 1.82) is 0 Å². The van der Waals surface area contributed by atoms with Gasteiger partial charge in [-0.15, -0.1) is 0 Å². The Hall–Kier alpha value is -0.520. The van der Waals surface area contributed by atoms with Gasteiger partial charge in [-0.25, -0.2) is 0 Å². The van der Waals surface area contributed by atoms with Crippen molar-refractivity contribution in [3.63, 3.8) is 0 Å². The van der Waals surface area contributed by atoms with Crippen molar-refractivity contribution >= 4 is 23.2 Å². The first-order chi connectivity index (χ1) is 9.65. The molecule has 0 saturated heterocycles. The lowest BCUT2D eigenvalue weighted by Crippen LogP contribution is -2.33. The monoisotopic (exact) mass is 319 g/mol. The summed E-state index contributed by atoms with van der Waals surface area (Å²) in [5.41, 5.74) is 2.80. The maximum absolute atomic E-state index is 9.79. The number of hydrogen-bond donors (Lipinski definition) is 2. The maximum Gasteiger partial charge on any atom is 0.138 e. The molecule has 1 atom stereocenters. The molecule has 0 radical (unpaired) electrons. The number of hydroxylamine groups is 1. The van der Waals surface area contributed by atoms with Crippen LogP contribution in [0.4, 0.5) is 0 Å². The first-order valence-corrected chi connectivity index (χ1v) is 7.55. The van der Waals surface area contributed by atoms with Crippen LogP contribution in [0, 0.1) is 0 Å². The average Bonchev–Trinajstić information content (AvgIpc) is 2.91. The van der Waals surface area contributed by atoms with Gasteiger partial charge in [-0.2, -0.15) is 5.48 Å². The van der Waals surface area contributed by atoms with Crippen LogP contribution in [-0.2, 0) is 4.84 Å². The van der Waals surface area contributed by atoms with Gasteiger partial charge in [0.2, 0.25) is 0 Å². The van der Waals surface area contributed by atoms with Gasteiger partial charge in [-0.3, -0.25) is 4.84 Å². The van der Waals surface area contributed by atoms with Crippen LogP contribution >= 0.6 is 23.2 Å². The molecule has 1 fully saturated rings. The molecule has 0 bridgehead atoms. The first-order valence-electron chi connectivity index (χ1n) is 6.79. The standard InChI is InChI=1S/C14H19Cl2NO3/c15-10-5-6-14(13(16)7-10)19-9-11(18)8-17-20-12-3-1-2-4-12/h5-7,11-12,17-18H,1-4,8-9H2. The van der Waals surface area contributed by atoms with E-state index in [9.17, 15) is 5.11 Å². The predicted octanol–water partition coefficient (Wildman–Crippen LogP) is 3.20. The van der Waals surface area contributed by atoms with Gasteiger partial charge >= 0.3 is 0 Å². The van der Waals surface area contributed by atoms with Gasteiger partial charge in [0.05, 0.1) is 17.7 Å². The predicted molar refractivity (Wildman–Crippen MR) is 79.3 cm³/mol. The number of ether oxygens (including phenoxy) is 1. The summed E-state index contributed by atoms with van der Waals surface area (Å²) in [7, 11) is 0. The zero-order chi connectivity index (χ0) is 14.4. The summed E-state index contributed by atoms with van der Waals surface area (Å²) in [6.07, 6.45) is 4.21. The van der Waals surface area contributed by atoms with Crippen LogP contribution in [0.15, 0.2) is 18.2 Å². The lowest BCUT2D eigenvalue weighted by molar-refractivity contribution is -0.0417. The van der Waals surface area contributed by atoms with E-state index in [1.165, 1.54) is 12.8 Å². The molecule has 0 aromatic heterocycles. The lowest BCUT2D eigenvalue weighted by atomic mass is 10.3. The van der Waals surface area contributed by atoms with E-state index >= 15 is 0 Å².